The highest BCUT2D eigenvalue weighted by Crippen LogP contribution is 2.48. The summed E-state index contributed by atoms with van der Waals surface area (Å²) in [6, 6.07) is 5.93. The first-order valence-corrected chi connectivity index (χ1v) is 6.85. The van der Waals surface area contributed by atoms with Crippen molar-refractivity contribution in [2.45, 2.75) is 46.1 Å². The van der Waals surface area contributed by atoms with Crippen LogP contribution in [0.25, 0.3) is 0 Å². The Labute approximate surface area is 110 Å². The van der Waals surface area contributed by atoms with Gasteiger partial charge in [-0.3, -0.25) is 0 Å². The third-order valence-corrected chi connectivity index (χ3v) is 3.79. The molecule has 1 aliphatic rings. The van der Waals surface area contributed by atoms with Crippen LogP contribution in [0.2, 0.25) is 0 Å². The molecule has 0 amide bonds. The minimum Gasteiger partial charge on any atom is -0.489 e. The number of rotatable bonds is 6. The largest absolute Gasteiger partial charge is 0.489 e. The summed E-state index contributed by atoms with van der Waals surface area (Å²) in [6.07, 6.45) is 4.05. The summed E-state index contributed by atoms with van der Waals surface area (Å²) in [5.41, 5.74) is 8.36. The lowest BCUT2D eigenvalue weighted by Gasteiger charge is -2.18. The van der Waals surface area contributed by atoms with Gasteiger partial charge in [-0.2, -0.15) is 0 Å². The van der Waals surface area contributed by atoms with Crippen LogP contribution in [0.15, 0.2) is 18.2 Å². The maximum absolute atomic E-state index is 6.14. The molecule has 1 aliphatic carbocycles. The summed E-state index contributed by atoms with van der Waals surface area (Å²) in [5.74, 6) is 0.774. The average molecular weight is 248 g/mol. The van der Waals surface area contributed by atoms with Crippen molar-refractivity contribution in [3.05, 3.63) is 18.2 Å². The number of nitrogens with one attached hydrogen (secondary N) is 1. The van der Waals surface area contributed by atoms with Gasteiger partial charge in [-0.05, 0) is 50.7 Å². The van der Waals surface area contributed by atoms with Crippen LogP contribution in [0.5, 0.6) is 5.75 Å². The molecule has 0 atom stereocenters. The number of nitrogens with two attached hydrogens (primary N) is 1. The van der Waals surface area contributed by atoms with Gasteiger partial charge >= 0.3 is 0 Å². The van der Waals surface area contributed by atoms with E-state index in [0.29, 0.717) is 5.41 Å². The van der Waals surface area contributed by atoms with Crippen molar-refractivity contribution >= 4 is 11.4 Å². The van der Waals surface area contributed by atoms with E-state index in [9.17, 15) is 0 Å². The van der Waals surface area contributed by atoms with Crippen molar-refractivity contribution in [2.75, 3.05) is 17.6 Å². The first kappa shape index (κ1) is 13.1. The van der Waals surface area contributed by atoms with Crippen molar-refractivity contribution in [1.29, 1.82) is 0 Å². The third-order valence-electron chi connectivity index (χ3n) is 3.79. The van der Waals surface area contributed by atoms with E-state index in [2.05, 4.69) is 12.2 Å². The Balaban J connectivity index is 2.04. The first-order chi connectivity index (χ1) is 8.56. The van der Waals surface area contributed by atoms with Crippen LogP contribution in [-0.2, 0) is 0 Å². The zero-order chi connectivity index (χ0) is 13.2. The standard InChI is InChI=1S/C15H24N2O/c1-4-15(8-9-15)10-17-12-6-5-7-13(14(12)16)18-11(2)3/h5-7,11,17H,4,8-10,16H2,1-3H3. The van der Waals surface area contributed by atoms with E-state index in [1.165, 1.54) is 19.3 Å². The summed E-state index contributed by atoms with van der Waals surface area (Å²) < 4.78 is 5.69. The van der Waals surface area contributed by atoms with Crippen LogP contribution in [0.1, 0.15) is 40.0 Å². The smallest absolute Gasteiger partial charge is 0.144 e. The number of nitrogen functional groups attached to an aromatic ring is 1. The molecular weight excluding hydrogens is 224 g/mol. The molecular formula is C15H24N2O. The summed E-state index contributed by atoms with van der Waals surface area (Å²) in [4.78, 5) is 0. The molecule has 3 N–H and O–H groups in total. The summed E-state index contributed by atoms with van der Waals surface area (Å²) in [6.45, 7) is 7.29. The van der Waals surface area contributed by atoms with Gasteiger partial charge in [-0.15, -0.1) is 0 Å². The Morgan fingerprint density at radius 2 is 2.11 bits per heavy atom. The Morgan fingerprint density at radius 1 is 1.39 bits per heavy atom. The lowest BCUT2D eigenvalue weighted by Crippen LogP contribution is -2.16. The highest BCUT2D eigenvalue weighted by atomic mass is 16.5. The molecule has 1 aromatic carbocycles. The molecule has 0 aromatic heterocycles. The second-order valence-corrected chi connectivity index (χ2v) is 5.59. The minimum atomic E-state index is 0.146. The van der Waals surface area contributed by atoms with Crippen molar-refractivity contribution in [3.63, 3.8) is 0 Å². The fourth-order valence-electron chi connectivity index (χ4n) is 2.17. The highest BCUT2D eigenvalue weighted by Gasteiger charge is 2.40. The highest BCUT2D eigenvalue weighted by molar-refractivity contribution is 5.73. The molecule has 1 saturated carbocycles. The van der Waals surface area contributed by atoms with Crippen molar-refractivity contribution in [2.24, 2.45) is 5.41 Å². The van der Waals surface area contributed by atoms with Gasteiger partial charge in [0, 0.05) is 6.54 Å². The number of hydrogen-bond donors (Lipinski definition) is 2. The van der Waals surface area contributed by atoms with Gasteiger partial charge in [0.15, 0.2) is 0 Å². The van der Waals surface area contributed by atoms with E-state index in [-0.39, 0.29) is 6.10 Å². The SMILES string of the molecule is CCC1(CNc2cccc(OC(C)C)c2N)CC1. The van der Waals surface area contributed by atoms with Crippen molar-refractivity contribution < 1.29 is 4.74 Å². The average Bonchev–Trinajstić information content (AvgIpc) is 3.10. The quantitative estimate of drug-likeness (QED) is 0.755. The van der Waals surface area contributed by atoms with Gasteiger partial charge in [-0.1, -0.05) is 13.0 Å². The zero-order valence-electron chi connectivity index (χ0n) is 11.6. The monoisotopic (exact) mass is 248 g/mol. The molecule has 2 rings (SSSR count). The van der Waals surface area contributed by atoms with Gasteiger partial charge < -0.3 is 15.8 Å². The fraction of sp³-hybridized carbons (Fsp3) is 0.600. The molecule has 3 heteroatoms. The predicted molar refractivity (Wildman–Crippen MR) is 77.1 cm³/mol. The molecule has 1 aromatic rings. The zero-order valence-corrected chi connectivity index (χ0v) is 11.6. The number of benzene rings is 1. The number of ether oxygens (including phenoxy) is 1. The Morgan fingerprint density at radius 3 is 2.67 bits per heavy atom. The van der Waals surface area contributed by atoms with Crippen molar-refractivity contribution in [1.82, 2.24) is 0 Å². The summed E-state index contributed by atoms with van der Waals surface area (Å²) in [7, 11) is 0. The van der Waals surface area contributed by atoms with Crippen LogP contribution in [0.4, 0.5) is 11.4 Å². The van der Waals surface area contributed by atoms with Crippen LogP contribution >= 0.6 is 0 Å². The molecule has 0 heterocycles. The number of hydrogen-bond acceptors (Lipinski definition) is 3. The van der Waals surface area contributed by atoms with Gasteiger partial charge in [-0.25, -0.2) is 0 Å². The van der Waals surface area contributed by atoms with E-state index in [1.54, 1.807) is 0 Å². The summed E-state index contributed by atoms with van der Waals surface area (Å²) >= 11 is 0. The van der Waals surface area contributed by atoms with Gasteiger partial charge in [0.05, 0.1) is 17.5 Å². The lowest BCUT2D eigenvalue weighted by atomic mass is 10.0. The van der Waals surface area contributed by atoms with Gasteiger partial charge in [0.25, 0.3) is 0 Å². The molecule has 0 saturated heterocycles. The predicted octanol–water partition coefficient (Wildman–Crippen LogP) is 3.66. The van der Waals surface area contributed by atoms with Crippen LogP contribution in [0, 0.1) is 5.41 Å². The topological polar surface area (TPSA) is 47.3 Å². The Kier molecular flexibility index (Phi) is 3.69. The normalized spacial score (nSPS) is 16.7. The van der Waals surface area contributed by atoms with Crippen molar-refractivity contribution in [3.8, 4) is 5.75 Å². The van der Waals surface area contributed by atoms with Gasteiger partial charge in [0.2, 0.25) is 0 Å². The van der Waals surface area contributed by atoms with Crippen LogP contribution in [-0.4, -0.2) is 12.6 Å². The molecule has 0 aliphatic heterocycles. The second kappa shape index (κ2) is 5.09. The van der Waals surface area contributed by atoms with Crippen LogP contribution < -0.4 is 15.8 Å². The summed E-state index contributed by atoms with van der Waals surface area (Å²) in [5, 5.41) is 3.48. The second-order valence-electron chi connectivity index (χ2n) is 5.59. The Hall–Kier alpha value is -1.38. The molecule has 0 unspecified atom stereocenters. The molecule has 0 spiro atoms. The van der Waals surface area contributed by atoms with E-state index in [0.717, 1.165) is 23.7 Å². The van der Waals surface area contributed by atoms with Gasteiger partial charge in [0.1, 0.15) is 5.75 Å². The third kappa shape index (κ3) is 2.89. The molecule has 3 nitrogen and oxygen atoms in total. The van der Waals surface area contributed by atoms with E-state index in [1.807, 2.05) is 32.0 Å². The number of anilines is 2. The maximum Gasteiger partial charge on any atom is 0.144 e. The molecule has 18 heavy (non-hydrogen) atoms. The molecule has 0 radical (unpaired) electrons. The first-order valence-electron chi connectivity index (χ1n) is 6.85. The fourth-order valence-corrected chi connectivity index (χ4v) is 2.17. The van der Waals surface area contributed by atoms with E-state index in [4.69, 9.17) is 10.5 Å². The number of para-hydroxylation sites is 1. The Bertz CT molecular complexity index is 411. The van der Waals surface area contributed by atoms with Crippen LogP contribution in [0.3, 0.4) is 0 Å². The molecule has 0 bridgehead atoms. The van der Waals surface area contributed by atoms with E-state index >= 15 is 0 Å². The lowest BCUT2D eigenvalue weighted by molar-refractivity contribution is 0.244. The molecule has 1 fully saturated rings. The van der Waals surface area contributed by atoms with E-state index < -0.39 is 0 Å². The minimum absolute atomic E-state index is 0.146. The molecule has 100 valence electrons. The maximum atomic E-state index is 6.14.